The van der Waals surface area contributed by atoms with Crippen molar-refractivity contribution in [2.24, 2.45) is 0 Å². The first kappa shape index (κ1) is 12.2. The van der Waals surface area contributed by atoms with E-state index in [4.69, 9.17) is 5.11 Å². The van der Waals surface area contributed by atoms with Crippen molar-refractivity contribution in [1.82, 2.24) is 0 Å². The number of carbonyl (C=O) groups is 1. The Labute approximate surface area is 122 Å². The van der Waals surface area contributed by atoms with Crippen LogP contribution >= 0.6 is 0 Å². The standard InChI is InChI=1S/C19H14O2/c20-17(21)11-9-12-4-5-15-7-6-13-2-1-3-14-8-10-16(12)19(15)18(13)14/h1-8,10H,9,11H2,(H,20,21). The summed E-state index contributed by atoms with van der Waals surface area (Å²) in [6.07, 6.45) is 0.744. The van der Waals surface area contributed by atoms with Crippen molar-refractivity contribution in [3.05, 3.63) is 60.2 Å². The number of aryl methyl sites for hydroxylation is 1. The predicted octanol–water partition coefficient (Wildman–Crippen LogP) is 4.60. The largest absolute Gasteiger partial charge is 0.481 e. The molecular weight excluding hydrogens is 260 g/mol. The highest BCUT2D eigenvalue weighted by molar-refractivity contribution is 6.23. The maximum Gasteiger partial charge on any atom is 0.303 e. The molecule has 0 bridgehead atoms. The van der Waals surface area contributed by atoms with E-state index in [1.807, 2.05) is 0 Å². The number of hydrogen-bond donors (Lipinski definition) is 1. The normalized spacial score (nSPS) is 11.6. The van der Waals surface area contributed by atoms with Crippen molar-refractivity contribution in [3.63, 3.8) is 0 Å². The van der Waals surface area contributed by atoms with Gasteiger partial charge in [-0.15, -0.1) is 0 Å². The van der Waals surface area contributed by atoms with Gasteiger partial charge in [-0.05, 0) is 44.3 Å². The third-order valence-corrected chi connectivity index (χ3v) is 4.23. The zero-order valence-corrected chi connectivity index (χ0v) is 11.5. The first-order valence-electron chi connectivity index (χ1n) is 7.11. The van der Waals surface area contributed by atoms with Gasteiger partial charge >= 0.3 is 5.97 Å². The van der Waals surface area contributed by atoms with Crippen LogP contribution in [0.4, 0.5) is 0 Å². The number of benzene rings is 4. The molecule has 21 heavy (non-hydrogen) atoms. The third kappa shape index (κ3) is 1.83. The lowest BCUT2D eigenvalue weighted by Gasteiger charge is -2.13. The van der Waals surface area contributed by atoms with Crippen molar-refractivity contribution < 1.29 is 9.90 Å². The molecule has 0 radical (unpaired) electrons. The quantitative estimate of drug-likeness (QED) is 0.554. The molecule has 0 atom stereocenters. The van der Waals surface area contributed by atoms with Gasteiger partial charge in [0.25, 0.3) is 0 Å². The van der Waals surface area contributed by atoms with Crippen LogP contribution < -0.4 is 0 Å². The van der Waals surface area contributed by atoms with Gasteiger partial charge in [-0.1, -0.05) is 54.6 Å². The SMILES string of the molecule is O=C(O)CCc1ccc2ccc3cccc4ccc1c2c34. The van der Waals surface area contributed by atoms with Crippen LogP contribution in [0, 0.1) is 0 Å². The minimum absolute atomic E-state index is 0.171. The molecule has 0 aliphatic carbocycles. The van der Waals surface area contributed by atoms with Crippen molar-refractivity contribution in [3.8, 4) is 0 Å². The lowest BCUT2D eigenvalue weighted by Crippen LogP contribution is -1.98. The lowest BCUT2D eigenvalue weighted by molar-refractivity contribution is -0.136. The van der Waals surface area contributed by atoms with E-state index in [1.165, 1.54) is 32.3 Å². The van der Waals surface area contributed by atoms with Gasteiger partial charge in [0.1, 0.15) is 0 Å². The topological polar surface area (TPSA) is 37.3 Å². The van der Waals surface area contributed by atoms with Crippen LogP contribution in [0.15, 0.2) is 54.6 Å². The molecule has 0 spiro atoms. The molecule has 0 unspecified atom stereocenters. The summed E-state index contributed by atoms with van der Waals surface area (Å²) < 4.78 is 0. The Kier molecular flexibility index (Phi) is 2.58. The summed E-state index contributed by atoms with van der Waals surface area (Å²) in [6.45, 7) is 0. The highest BCUT2D eigenvalue weighted by atomic mass is 16.4. The minimum Gasteiger partial charge on any atom is -0.481 e. The lowest BCUT2D eigenvalue weighted by atomic mass is 9.91. The van der Waals surface area contributed by atoms with Crippen LogP contribution in [-0.2, 0) is 11.2 Å². The predicted molar refractivity (Wildman–Crippen MR) is 86.1 cm³/mol. The highest BCUT2D eigenvalue weighted by Crippen LogP contribution is 2.36. The molecule has 4 aromatic rings. The number of hydrogen-bond acceptors (Lipinski definition) is 1. The van der Waals surface area contributed by atoms with Gasteiger partial charge in [0.05, 0.1) is 0 Å². The van der Waals surface area contributed by atoms with E-state index in [0.29, 0.717) is 6.42 Å². The Morgan fingerprint density at radius 1 is 0.810 bits per heavy atom. The van der Waals surface area contributed by atoms with Gasteiger partial charge < -0.3 is 5.11 Å². The maximum atomic E-state index is 10.8. The molecular formula is C19H14O2. The maximum absolute atomic E-state index is 10.8. The molecule has 0 aliphatic heterocycles. The minimum atomic E-state index is -0.749. The Morgan fingerprint density at radius 3 is 2.14 bits per heavy atom. The van der Waals surface area contributed by atoms with Gasteiger partial charge in [-0.3, -0.25) is 4.79 Å². The first-order valence-corrected chi connectivity index (χ1v) is 7.11. The first-order chi connectivity index (χ1) is 10.2. The van der Waals surface area contributed by atoms with E-state index in [2.05, 4.69) is 54.6 Å². The zero-order chi connectivity index (χ0) is 14.4. The summed E-state index contributed by atoms with van der Waals surface area (Å²) in [6, 6.07) is 19.1. The smallest absolute Gasteiger partial charge is 0.303 e. The number of carboxylic acids is 1. The molecule has 2 nitrogen and oxygen atoms in total. The van der Waals surface area contributed by atoms with E-state index in [1.54, 1.807) is 0 Å². The molecule has 1 N–H and O–H groups in total. The Morgan fingerprint density at radius 2 is 1.43 bits per heavy atom. The highest BCUT2D eigenvalue weighted by Gasteiger charge is 2.11. The fourth-order valence-electron chi connectivity index (χ4n) is 3.26. The summed E-state index contributed by atoms with van der Waals surface area (Å²) in [7, 11) is 0. The molecule has 0 saturated carbocycles. The molecule has 0 amide bonds. The Hall–Kier alpha value is -2.61. The van der Waals surface area contributed by atoms with Crippen molar-refractivity contribution in [2.45, 2.75) is 12.8 Å². The molecule has 102 valence electrons. The summed E-state index contributed by atoms with van der Waals surface area (Å²) in [5, 5.41) is 16.3. The summed E-state index contributed by atoms with van der Waals surface area (Å²) in [5.74, 6) is -0.749. The molecule has 0 heterocycles. The fraction of sp³-hybridized carbons (Fsp3) is 0.105. The van der Waals surface area contributed by atoms with Crippen LogP contribution in [0.1, 0.15) is 12.0 Å². The van der Waals surface area contributed by atoms with E-state index in [0.717, 1.165) is 5.56 Å². The summed E-state index contributed by atoms with van der Waals surface area (Å²) in [5.41, 5.74) is 1.11. The fourth-order valence-corrected chi connectivity index (χ4v) is 3.26. The van der Waals surface area contributed by atoms with E-state index >= 15 is 0 Å². The molecule has 2 heteroatoms. The molecule has 4 rings (SSSR count). The van der Waals surface area contributed by atoms with Crippen molar-refractivity contribution in [2.75, 3.05) is 0 Å². The van der Waals surface area contributed by atoms with Gasteiger partial charge in [0.15, 0.2) is 0 Å². The van der Waals surface area contributed by atoms with Crippen LogP contribution in [0.2, 0.25) is 0 Å². The van der Waals surface area contributed by atoms with Gasteiger partial charge in [-0.25, -0.2) is 0 Å². The number of rotatable bonds is 3. The van der Waals surface area contributed by atoms with E-state index in [-0.39, 0.29) is 6.42 Å². The van der Waals surface area contributed by atoms with Gasteiger partial charge in [0, 0.05) is 6.42 Å². The van der Waals surface area contributed by atoms with Crippen molar-refractivity contribution >= 4 is 38.3 Å². The Bertz CT molecular complexity index is 953. The van der Waals surface area contributed by atoms with Crippen LogP contribution in [-0.4, -0.2) is 11.1 Å². The number of carboxylic acid groups (broad SMARTS) is 1. The monoisotopic (exact) mass is 274 g/mol. The molecule has 0 fully saturated rings. The molecule has 0 saturated heterocycles. The summed E-state index contributed by atoms with van der Waals surface area (Å²) in [4.78, 5) is 10.8. The number of aliphatic carboxylic acids is 1. The average molecular weight is 274 g/mol. The second kappa shape index (κ2) is 4.45. The van der Waals surface area contributed by atoms with E-state index < -0.39 is 5.97 Å². The molecule has 0 aliphatic rings. The van der Waals surface area contributed by atoms with Crippen LogP contribution in [0.5, 0.6) is 0 Å². The molecule has 4 aromatic carbocycles. The van der Waals surface area contributed by atoms with Crippen LogP contribution in [0.3, 0.4) is 0 Å². The van der Waals surface area contributed by atoms with Gasteiger partial charge in [0.2, 0.25) is 0 Å². The van der Waals surface area contributed by atoms with E-state index in [9.17, 15) is 4.79 Å². The van der Waals surface area contributed by atoms with Crippen molar-refractivity contribution in [1.29, 1.82) is 0 Å². The average Bonchev–Trinajstić information content (AvgIpc) is 2.51. The molecule has 0 aromatic heterocycles. The second-order valence-corrected chi connectivity index (χ2v) is 5.47. The third-order valence-electron chi connectivity index (χ3n) is 4.23. The summed E-state index contributed by atoms with van der Waals surface area (Å²) >= 11 is 0. The zero-order valence-electron chi connectivity index (χ0n) is 11.5. The van der Waals surface area contributed by atoms with Gasteiger partial charge in [-0.2, -0.15) is 0 Å². The van der Waals surface area contributed by atoms with Crippen LogP contribution in [0.25, 0.3) is 32.3 Å². The second-order valence-electron chi connectivity index (χ2n) is 5.47. The Balaban J connectivity index is 2.08.